The van der Waals surface area contributed by atoms with E-state index in [1.165, 1.54) is 0 Å². The van der Waals surface area contributed by atoms with Gasteiger partial charge in [0, 0.05) is 35.7 Å². The van der Waals surface area contributed by atoms with Crippen molar-refractivity contribution >= 4 is 28.2 Å². The van der Waals surface area contributed by atoms with Crippen LogP contribution in [-0.4, -0.2) is 18.4 Å². The summed E-state index contributed by atoms with van der Waals surface area (Å²) in [5.41, 5.74) is 4.80. The predicted molar refractivity (Wildman–Crippen MR) is 143 cm³/mol. The number of fused-ring (bicyclic) bond motifs is 3. The molecule has 5 rings (SSSR count). The number of Topliss-reactive ketones (excluding diaryl/α,β-unsaturated/α-hetero) is 1. The van der Waals surface area contributed by atoms with Crippen LogP contribution < -0.4 is 14.8 Å². The maximum atomic E-state index is 13.7. The Balaban J connectivity index is 1.71. The van der Waals surface area contributed by atoms with Gasteiger partial charge in [-0.3, -0.25) is 9.59 Å². The molecule has 3 aromatic carbocycles. The molecule has 1 aliphatic heterocycles. The van der Waals surface area contributed by atoms with Gasteiger partial charge in [-0.25, -0.2) is 0 Å². The Bertz CT molecular complexity index is 1380. The zero-order valence-corrected chi connectivity index (χ0v) is 21.4. The molecule has 2 aliphatic rings. The van der Waals surface area contributed by atoms with Crippen LogP contribution in [-0.2, 0) is 9.59 Å². The van der Waals surface area contributed by atoms with Crippen molar-refractivity contribution in [2.24, 2.45) is 5.41 Å². The molecule has 0 radical (unpaired) electrons. The van der Waals surface area contributed by atoms with Crippen molar-refractivity contribution in [3.8, 4) is 11.5 Å². The third-order valence-electron chi connectivity index (χ3n) is 7.03. The van der Waals surface area contributed by atoms with Gasteiger partial charge in [-0.1, -0.05) is 57.2 Å². The summed E-state index contributed by atoms with van der Waals surface area (Å²) >= 11 is 0. The van der Waals surface area contributed by atoms with Crippen molar-refractivity contribution in [1.29, 1.82) is 0 Å². The van der Waals surface area contributed by atoms with Crippen molar-refractivity contribution < 1.29 is 19.1 Å². The zero-order valence-electron chi connectivity index (χ0n) is 21.4. The second-order valence-electron chi connectivity index (χ2n) is 10.5. The molecule has 0 amide bonds. The van der Waals surface area contributed by atoms with Gasteiger partial charge in [0.15, 0.2) is 17.3 Å². The second kappa shape index (κ2) is 9.45. The lowest BCUT2D eigenvalue weighted by molar-refractivity contribution is -0.134. The van der Waals surface area contributed by atoms with Crippen molar-refractivity contribution in [1.82, 2.24) is 0 Å². The van der Waals surface area contributed by atoms with E-state index in [1.807, 2.05) is 38.1 Å². The average Bonchev–Trinajstić information content (AvgIpc) is 2.83. The zero-order chi connectivity index (χ0) is 25.4. The Morgan fingerprint density at radius 2 is 1.83 bits per heavy atom. The van der Waals surface area contributed by atoms with E-state index >= 15 is 0 Å². The van der Waals surface area contributed by atoms with Crippen molar-refractivity contribution in [3.63, 3.8) is 0 Å². The fourth-order valence-electron chi connectivity index (χ4n) is 5.57. The van der Waals surface area contributed by atoms with Crippen LogP contribution in [0.4, 0.5) is 5.69 Å². The molecule has 0 spiro atoms. The van der Waals surface area contributed by atoms with Crippen molar-refractivity contribution in [2.45, 2.75) is 59.3 Å². The van der Waals surface area contributed by atoms with Crippen LogP contribution in [0.3, 0.4) is 0 Å². The maximum Gasteiger partial charge on any atom is 0.311 e. The molecule has 5 heteroatoms. The third-order valence-corrected chi connectivity index (χ3v) is 7.03. The number of esters is 1. The lowest BCUT2D eigenvalue weighted by Crippen LogP contribution is -2.33. The highest BCUT2D eigenvalue weighted by atomic mass is 16.6. The Morgan fingerprint density at radius 3 is 2.61 bits per heavy atom. The molecule has 1 heterocycles. The van der Waals surface area contributed by atoms with E-state index < -0.39 is 0 Å². The van der Waals surface area contributed by atoms with Gasteiger partial charge in [0.1, 0.15) is 0 Å². The number of anilines is 1. The topological polar surface area (TPSA) is 64.6 Å². The number of hydrogen-bond acceptors (Lipinski definition) is 5. The standard InChI is InChI=1S/C31H33NO4/c1-5-9-27(34)36-25-15-13-20(16-26(25)35-6-2)28-29-21-11-8-7-10-19(21)12-14-22(29)32-23-17-31(3,4)18-24(33)30(23)28/h7-8,10-16,28,32H,5-6,9,17-18H2,1-4H3. The number of carbonyl (C=O) groups excluding carboxylic acids is 2. The lowest BCUT2D eigenvalue weighted by atomic mass is 9.68. The normalized spacial score (nSPS) is 18.3. The number of ether oxygens (including phenoxy) is 2. The summed E-state index contributed by atoms with van der Waals surface area (Å²) in [5.74, 6) is 0.584. The fraction of sp³-hybridized carbons (Fsp3) is 0.355. The Kier molecular flexibility index (Phi) is 6.33. The molecule has 0 saturated heterocycles. The highest BCUT2D eigenvalue weighted by Crippen LogP contribution is 2.51. The lowest BCUT2D eigenvalue weighted by Gasteiger charge is -2.40. The molecule has 186 valence electrons. The van der Waals surface area contributed by atoms with E-state index in [1.54, 1.807) is 6.07 Å². The van der Waals surface area contributed by atoms with Crippen LogP contribution in [0, 0.1) is 5.41 Å². The molecule has 3 aromatic rings. The molecule has 0 aromatic heterocycles. The minimum absolute atomic E-state index is 0.102. The van der Waals surface area contributed by atoms with Gasteiger partial charge in [-0.15, -0.1) is 0 Å². The van der Waals surface area contributed by atoms with Crippen LogP contribution >= 0.6 is 0 Å². The van der Waals surface area contributed by atoms with Gasteiger partial charge in [0.2, 0.25) is 0 Å². The van der Waals surface area contributed by atoms with Crippen molar-refractivity contribution in [3.05, 3.63) is 77.0 Å². The summed E-state index contributed by atoms with van der Waals surface area (Å²) in [5, 5.41) is 5.88. The number of allylic oxidation sites excluding steroid dienone is 2. The first-order valence-corrected chi connectivity index (χ1v) is 12.8. The molecular formula is C31H33NO4. The molecule has 1 atom stereocenters. The fourth-order valence-corrected chi connectivity index (χ4v) is 5.57. The number of hydrogen-bond donors (Lipinski definition) is 1. The van der Waals surface area contributed by atoms with Gasteiger partial charge in [-0.05, 0) is 65.3 Å². The van der Waals surface area contributed by atoms with Gasteiger partial charge in [0.25, 0.3) is 0 Å². The van der Waals surface area contributed by atoms with Crippen LogP contribution in [0.15, 0.2) is 65.9 Å². The van der Waals surface area contributed by atoms with Crippen molar-refractivity contribution in [2.75, 3.05) is 11.9 Å². The number of nitrogens with one attached hydrogen (secondary N) is 1. The number of carbonyl (C=O) groups is 2. The molecule has 1 unspecified atom stereocenters. The molecular weight excluding hydrogens is 450 g/mol. The largest absolute Gasteiger partial charge is 0.490 e. The summed E-state index contributed by atoms with van der Waals surface area (Å²) in [6.07, 6.45) is 2.38. The first-order chi connectivity index (χ1) is 17.3. The summed E-state index contributed by atoms with van der Waals surface area (Å²) in [6, 6.07) is 18.3. The summed E-state index contributed by atoms with van der Waals surface area (Å²) in [7, 11) is 0. The number of ketones is 1. The highest BCUT2D eigenvalue weighted by Gasteiger charge is 2.41. The van der Waals surface area contributed by atoms with E-state index in [2.05, 4.69) is 43.4 Å². The Morgan fingerprint density at radius 1 is 1.03 bits per heavy atom. The first kappa shape index (κ1) is 24.1. The SMILES string of the molecule is CCCC(=O)Oc1ccc(C2C3=C(CC(C)(C)CC3=O)Nc3ccc4ccccc4c32)cc1OCC. The molecule has 0 saturated carbocycles. The quantitative estimate of drug-likeness (QED) is 0.298. The summed E-state index contributed by atoms with van der Waals surface area (Å²) < 4.78 is 11.5. The van der Waals surface area contributed by atoms with E-state index in [-0.39, 0.29) is 23.1 Å². The highest BCUT2D eigenvalue weighted by molar-refractivity contribution is 6.04. The van der Waals surface area contributed by atoms with Gasteiger partial charge < -0.3 is 14.8 Å². The summed E-state index contributed by atoms with van der Waals surface area (Å²) in [6.45, 7) is 8.59. The third kappa shape index (κ3) is 4.39. The molecule has 36 heavy (non-hydrogen) atoms. The van der Waals surface area contributed by atoms with Gasteiger partial charge in [-0.2, -0.15) is 0 Å². The summed E-state index contributed by atoms with van der Waals surface area (Å²) in [4.78, 5) is 25.9. The molecule has 0 bridgehead atoms. The second-order valence-corrected chi connectivity index (χ2v) is 10.5. The Labute approximate surface area is 212 Å². The van der Waals surface area contributed by atoms with E-state index in [9.17, 15) is 9.59 Å². The number of rotatable bonds is 6. The first-order valence-electron chi connectivity index (χ1n) is 12.8. The molecule has 0 fully saturated rings. The minimum Gasteiger partial charge on any atom is -0.490 e. The minimum atomic E-state index is -0.279. The maximum absolute atomic E-state index is 13.7. The van der Waals surface area contributed by atoms with E-state index in [0.717, 1.165) is 51.7 Å². The van der Waals surface area contributed by atoms with Crippen LogP contribution in [0.5, 0.6) is 11.5 Å². The van der Waals surface area contributed by atoms with Gasteiger partial charge in [0.05, 0.1) is 6.61 Å². The molecule has 1 N–H and O–H groups in total. The van der Waals surface area contributed by atoms with E-state index in [4.69, 9.17) is 9.47 Å². The van der Waals surface area contributed by atoms with Crippen LogP contribution in [0.25, 0.3) is 10.8 Å². The predicted octanol–water partition coefficient (Wildman–Crippen LogP) is 7.14. The number of benzene rings is 3. The van der Waals surface area contributed by atoms with Gasteiger partial charge >= 0.3 is 5.97 Å². The monoisotopic (exact) mass is 483 g/mol. The Hall–Kier alpha value is -3.60. The smallest absolute Gasteiger partial charge is 0.311 e. The molecule has 5 nitrogen and oxygen atoms in total. The van der Waals surface area contributed by atoms with Crippen LogP contribution in [0.1, 0.15) is 70.4 Å². The average molecular weight is 484 g/mol. The molecule has 1 aliphatic carbocycles. The van der Waals surface area contributed by atoms with E-state index in [0.29, 0.717) is 30.9 Å². The van der Waals surface area contributed by atoms with Crippen LogP contribution in [0.2, 0.25) is 0 Å².